The minimum Gasteiger partial charge on any atom is -0.508 e. The van der Waals surface area contributed by atoms with Crippen molar-refractivity contribution in [1.82, 2.24) is 10.2 Å². The Morgan fingerprint density at radius 2 is 1.53 bits per heavy atom. The smallest absolute Gasteiger partial charge is 0.408 e. The summed E-state index contributed by atoms with van der Waals surface area (Å²) < 4.78 is 5.43. The third-order valence-electron chi connectivity index (χ3n) is 5.80. The maximum Gasteiger partial charge on any atom is 0.408 e. The first-order valence-corrected chi connectivity index (χ1v) is 13.0. The number of amides is 3. The molecule has 0 aliphatic carbocycles. The van der Waals surface area contributed by atoms with Crippen molar-refractivity contribution in [2.24, 2.45) is 5.92 Å². The molecule has 0 aromatic heterocycles. The number of phenolic OH excluding ortho intramolecular Hbond substituents is 1. The number of carbonyl (C=O) groups is 3. The van der Waals surface area contributed by atoms with Gasteiger partial charge in [-0.05, 0) is 78.5 Å². The highest BCUT2D eigenvalue weighted by molar-refractivity contribution is 6.00. The van der Waals surface area contributed by atoms with Crippen LogP contribution in [-0.2, 0) is 14.3 Å². The van der Waals surface area contributed by atoms with Crippen LogP contribution in [0.2, 0.25) is 0 Å². The Balaban J connectivity index is 2.61. The van der Waals surface area contributed by atoms with Crippen LogP contribution in [0.5, 0.6) is 5.75 Å². The molecule has 2 unspecified atom stereocenters. The number of benzene rings is 2. The molecular weight excluding hydrogens is 482 g/mol. The number of phenols is 1. The van der Waals surface area contributed by atoms with E-state index < -0.39 is 41.1 Å². The van der Waals surface area contributed by atoms with Crippen molar-refractivity contribution in [2.75, 3.05) is 5.32 Å². The average Bonchev–Trinajstić information content (AvgIpc) is 2.76. The Bertz CT molecular complexity index is 1130. The number of aromatic hydroxyl groups is 1. The fraction of sp³-hybridized carbons (Fsp3) is 0.500. The second-order valence-corrected chi connectivity index (χ2v) is 12.0. The van der Waals surface area contributed by atoms with Gasteiger partial charge < -0.3 is 25.4 Å². The Morgan fingerprint density at radius 1 is 0.947 bits per heavy atom. The van der Waals surface area contributed by atoms with Crippen LogP contribution in [0.15, 0.2) is 48.5 Å². The molecule has 0 aliphatic heterocycles. The van der Waals surface area contributed by atoms with Gasteiger partial charge in [-0.2, -0.15) is 0 Å². The largest absolute Gasteiger partial charge is 0.508 e. The maximum absolute atomic E-state index is 14.3. The van der Waals surface area contributed by atoms with E-state index in [0.29, 0.717) is 12.1 Å². The van der Waals surface area contributed by atoms with Crippen LogP contribution in [0.25, 0.3) is 0 Å². The number of anilines is 1. The molecule has 3 N–H and O–H groups in total. The van der Waals surface area contributed by atoms with Gasteiger partial charge in [-0.15, -0.1) is 0 Å². The van der Waals surface area contributed by atoms with Gasteiger partial charge in [0.2, 0.25) is 5.91 Å². The van der Waals surface area contributed by atoms with E-state index in [4.69, 9.17) is 4.74 Å². The second-order valence-electron chi connectivity index (χ2n) is 12.0. The van der Waals surface area contributed by atoms with Crippen molar-refractivity contribution >= 4 is 23.6 Å². The second kappa shape index (κ2) is 12.3. The van der Waals surface area contributed by atoms with E-state index in [1.54, 1.807) is 45.0 Å². The lowest BCUT2D eigenvalue weighted by Gasteiger charge is -2.43. The van der Waals surface area contributed by atoms with Crippen molar-refractivity contribution in [3.05, 3.63) is 59.7 Å². The summed E-state index contributed by atoms with van der Waals surface area (Å²) in [6.07, 6.45) is -0.383. The monoisotopic (exact) mass is 525 g/mol. The first kappa shape index (κ1) is 30.7. The lowest BCUT2D eigenvalue weighted by atomic mass is 9.93. The van der Waals surface area contributed by atoms with E-state index in [2.05, 4.69) is 10.6 Å². The summed E-state index contributed by atoms with van der Waals surface area (Å²) in [5.74, 6) is -0.986. The zero-order chi connectivity index (χ0) is 28.8. The lowest BCUT2D eigenvalue weighted by Crippen LogP contribution is -2.58. The Morgan fingerprint density at radius 3 is 2.05 bits per heavy atom. The van der Waals surface area contributed by atoms with Gasteiger partial charge in [0.1, 0.15) is 23.4 Å². The van der Waals surface area contributed by atoms with Crippen LogP contribution < -0.4 is 10.6 Å². The maximum atomic E-state index is 14.3. The van der Waals surface area contributed by atoms with E-state index in [1.165, 1.54) is 11.0 Å². The molecule has 208 valence electrons. The van der Waals surface area contributed by atoms with Crippen molar-refractivity contribution in [3.8, 4) is 5.75 Å². The minimum atomic E-state index is -1.18. The zero-order valence-corrected chi connectivity index (χ0v) is 24.1. The number of rotatable bonds is 8. The summed E-state index contributed by atoms with van der Waals surface area (Å²) >= 11 is 0. The third-order valence-corrected chi connectivity index (χ3v) is 5.80. The molecular formula is C30H43N3O5. The molecule has 8 heteroatoms. The number of hydrogen-bond donors (Lipinski definition) is 3. The van der Waals surface area contributed by atoms with Crippen LogP contribution in [0, 0.1) is 12.8 Å². The van der Waals surface area contributed by atoms with E-state index in [-0.39, 0.29) is 17.2 Å². The number of nitrogens with one attached hydrogen (secondary N) is 2. The predicted octanol–water partition coefficient (Wildman–Crippen LogP) is 5.95. The lowest BCUT2D eigenvalue weighted by molar-refractivity contribution is -0.147. The molecule has 0 fully saturated rings. The normalized spacial score (nSPS) is 13.4. The average molecular weight is 526 g/mol. The quantitative estimate of drug-likeness (QED) is 0.395. The Hall–Kier alpha value is -3.55. The summed E-state index contributed by atoms with van der Waals surface area (Å²) in [5.41, 5.74) is 0.130. The van der Waals surface area contributed by atoms with E-state index in [9.17, 15) is 19.5 Å². The number of ether oxygens (including phenoxy) is 1. The van der Waals surface area contributed by atoms with Gasteiger partial charge in [0.25, 0.3) is 5.91 Å². The SMILES string of the molecule is Cc1ccccc1NC(=O)C(c1ccccc1O)N(C(=O)C(CC(C)C)NC(=O)OC(C)(C)C)C(C)(C)C. The topological polar surface area (TPSA) is 108 Å². The minimum absolute atomic E-state index is 0.0603. The summed E-state index contributed by atoms with van der Waals surface area (Å²) in [6, 6.07) is 11.7. The Labute approximate surface area is 226 Å². The van der Waals surface area contributed by atoms with Gasteiger partial charge in [-0.1, -0.05) is 50.2 Å². The fourth-order valence-electron chi connectivity index (χ4n) is 4.19. The molecule has 0 aliphatic rings. The van der Waals surface area contributed by atoms with Gasteiger partial charge in [0.15, 0.2) is 0 Å². The van der Waals surface area contributed by atoms with Gasteiger partial charge in [-0.3, -0.25) is 9.59 Å². The van der Waals surface area contributed by atoms with Crippen LogP contribution in [0.4, 0.5) is 10.5 Å². The molecule has 0 heterocycles. The van der Waals surface area contributed by atoms with Crippen LogP contribution >= 0.6 is 0 Å². The summed E-state index contributed by atoms with van der Waals surface area (Å²) in [4.78, 5) is 42.4. The summed E-state index contributed by atoms with van der Waals surface area (Å²) in [7, 11) is 0. The number of carbonyl (C=O) groups excluding carboxylic acids is 3. The standard InChI is InChI=1S/C30H43N3O5/c1-19(2)18-23(32-28(37)38-30(7,8)9)27(36)33(29(4,5)6)25(21-15-11-13-17-24(21)34)26(35)31-22-16-12-10-14-20(22)3/h10-17,19,23,25,34H,18H2,1-9H3,(H,31,35)(H,32,37). The summed E-state index contributed by atoms with van der Waals surface area (Å²) in [6.45, 7) is 16.5. The molecule has 2 rings (SSSR count). The van der Waals surface area contributed by atoms with Gasteiger partial charge in [0, 0.05) is 16.8 Å². The predicted molar refractivity (Wildman–Crippen MR) is 150 cm³/mol. The molecule has 0 bridgehead atoms. The highest BCUT2D eigenvalue weighted by Gasteiger charge is 2.43. The molecule has 0 radical (unpaired) electrons. The molecule has 2 aromatic rings. The van der Waals surface area contributed by atoms with Crippen LogP contribution in [0.1, 0.15) is 79.0 Å². The van der Waals surface area contributed by atoms with E-state index >= 15 is 0 Å². The van der Waals surface area contributed by atoms with Gasteiger partial charge in [0.05, 0.1) is 0 Å². The number of hydrogen-bond acceptors (Lipinski definition) is 5. The fourth-order valence-corrected chi connectivity index (χ4v) is 4.19. The molecule has 0 spiro atoms. The van der Waals surface area contributed by atoms with Crippen LogP contribution in [0.3, 0.4) is 0 Å². The number of alkyl carbamates (subject to hydrolysis) is 1. The molecule has 2 atom stereocenters. The van der Waals surface area contributed by atoms with Crippen LogP contribution in [-0.4, -0.2) is 45.1 Å². The van der Waals surface area contributed by atoms with E-state index in [0.717, 1.165) is 5.56 Å². The zero-order valence-electron chi connectivity index (χ0n) is 24.1. The highest BCUT2D eigenvalue weighted by Crippen LogP contribution is 2.35. The molecule has 8 nitrogen and oxygen atoms in total. The molecule has 2 aromatic carbocycles. The molecule has 38 heavy (non-hydrogen) atoms. The first-order chi connectivity index (χ1) is 17.5. The van der Waals surface area contributed by atoms with E-state index in [1.807, 2.05) is 59.7 Å². The van der Waals surface area contributed by atoms with Gasteiger partial charge >= 0.3 is 6.09 Å². The first-order valence-electron chi connectivity index (χ1n) is 13.0. The van der Waals surface area contributed by atoms with Crippen molar-refractivity contribution in [1.29, 1.82) is 0 Å². The number of aryl methyl sites for hydroxylation is 1. The Kier molecular flexibility index (Phi) is 9.95. The van der Waals surface area contributed by atoms with Crippen molar-refractivity contribution < 1.29 is 24.2 Å². The highest BCUT2D eigenvalue weighted by atomic mass is 16.6. The van der Waals surface area contributed by atoms with Crippen molar-refractivity contribution in [3.63, 3.8) is 0 Å². The number of para-hydroxylation sites is 2. The molecule has 0 saturated carbocycles. The summed E-state index contributed by atoms with van der Waals surface area (Å²) in [5, 5.41) is 16.5. The third kappa shape index (κ3) is 8.50. The van der Waals surface area contributed by atoms with Crippen molar-refractivity contribution in [2.45, 2.75) is 92.0 Å². The molecule has 0 saturated heterocycles. The molecule has 3 amide bonds. The van der Waals surface area contributed by atoms with Gasteiger partial charge in [-0.25, -0.2) is 4.79 Å². The number of nitrogens with zero attached hydrogens (tertiary/aromatic N) is 1.